The SMILES string of the molecule is CCOC(C)C(N)c1ccccc1OC(C)C. The fraction of sp³-hybridized carbons (Fsp3) is 0.571. The first-order chi connectivity index (χ1) is 8.06. The minimum absolute atomic E-state index is 0.0167. The Bertz CT molecular complexity index is 339. The van der Waals surface area contributed by atoms with Gasteiger partial charge in [-0.05, 0) is 33.8 Å². The summed E-state index contributed by atoms with van der Waals surface area (Å²) in [5.74, 6) is 0.849. The summed E-state index contributed by atoms with van der Waals surface area (Å²) in [5.41, 5.74) is 7.20. The molecular weight excluding hydrogens is 214 g/mol. The zero-order valence-corrected chi connectivity index (χ0v) is 11.1. The van der Waals surface area contributed by atoms with Crippen molar-refractivity contribution in [2.24, 2.45) is 5.73 Å². The molecule has 96 valence electrons. The molecule has 1 aromatic rings. The zero-order valence-electron chi connectivity index (χ0n) is 11.1. The predicted molar refractivity (Wildman–Crippen MR) is 70.2 cm³/mol. The normalized spacial score (nSPS) is 14.7. The van der Waals surface area contributed by atoms with Crippen molar-refractivity contribution in [1.82, 2.24) is 0 Å². The number of rotatable bonds is 6. The van der Waals surface area contributed by atoms with E-state index in [9.17, 15) is 0 Å². The lowest BCUT2D eigenvalue weighted by Crippen LogP contribution is -2.27. The third kappa shape index (κ3) is 4.02. The lowest BCUT2D eigenvalue weighted by molar-refractivity contribution is 0.0564. The smallest absolute Gasteiger partial charge is 0.124 e. The molecule has 0 aromatic heterocycles. The molecule has 3 heteroatoms. The van der Waals surface area contributed by atoms with E-state index in [0.717, 1.165) is 11.3 Å². The second kappa shape index (κ2) is 6.62. The van der Waals surface area contributed by atoms with Crippen LogP contribution in [0.15, 0.2) is 24.3 Å². The molecule has 0 aliphatic rings. The van der Waals surface area contributed by atoms with Gasteiger partial charge in [-0.25, -0.2) is 0 Å². The number of hydrogen-bond acceptors (Lipinski definition) is 3. The van der Waals surface area contributed by atoms with E-state index in [1.54, 1.807) is 0 Å². The minimum atomic E-state index is -0.162. The lowest BCUT2D eigenvalue weighted by Gasteiger charge is -2.23. The van der Waals surface area contributed by atoms with Gasteiger partial charge in [0.05, 0.1) is 18.2 Å². The van der Waals surface area contributed by atoms with Crippen LogP contribution in [-0.2, 0) is 4.74 Å². The first kappa shape index (κ1) is 14.0. The maximum atomic E-state index is 6.20. The second-order valence-corrected chi connectivity index (χ2v) is 4.39. The highest BCUT2D eigenvalue weighted by atomic mass is 16.5. The molecule has 0 radical (unpaired) electrons. The number of nitrogens with two attached hydrogens (primary N) is 1. The van der Waals surface area contributed by atoms with Crippen LogP contribution in [0.4, 0.5) is 0 Å². The van der Waals surface area contributed by atoms with E-state index in [4.69, 9.17) is 15.2 Å². The van der Waals surface area contributed by atoms with E-state index in [0.29, 0.717) is 6.61 Å². The van der Waals surface area contributed by atoms with Gasteiger partial charge in [0.2, 0.25) is 0 Å². The Morgan fingerprint density at radius 2 is 1.82 bits per heavy atom. The zero-order chi connectivity index (χ0) is 12.8. The summed E-state index contributed by atoms with van der Waals surface area (Å²) in [6, 6.07) is 7.72. The van der Waals surface area contributed by atoms with Crippen LogP contribution in [0.1, 0.15) is 39.3 Å². The highest BCUT2D eigenvalue weighted by Crippen LogP contribution is 2.27. The number of hydrogen-bond donors (Lipinski definition) is 1. The van der Waals surface area contributed by atoms with Gasteiger partial charge in [-0.15, -0.1) is 0 Å². The summed E-state index contributed by atoms with van der Waals surface area (Å²) in [6.07, 6.45) is 0.127. The van der Waals surface area contributed by atoms with Gasteiger partial charge < -0.3 is 15.2 Å². The molecule has 0 aliphatic carbocycles. The molecule has 1 aromatic carbocycles. The van der Waals surface area contributed by atoms with Crippen molar-refractivity contribution in [2.45, 2.75) is 45.9 Å². The van der Waals surface area contributed by atoms with Crippen molar-refractivity contribution in [3.05, 3.63) is 29.8 Å². The van der Waals surface area contributed by atoms with Crippen LogP contribution in [0.3, 0.4) is 0 Å². The highest BCUT2D eigenvalue weighted by Gasteiger charge is 2.19. The number of ether oxygens (including phenoxy) is 2. The summed E-state index contributed by atoms with van der Waals surface area (Å²) in [7, 11) is 0. The van der Waals surface area contributed by atoms with E-state index in [1.807, 2.05) is 52.0 Å². The van der Waals surface area contributed by atoms with Gasteiger partial charge in [0, 0.05) is 12.2 Å². The van der Waals surface area contributed by atoms with Crippen LogP contribution in [0.5, 0.6) is 5.75 Å². The molecular formula is C14H23NO2. The van der Waals surface area contributed by atoms with Crippen molar-refractivity contribution in [3.63, 3.8) is 0 Å². The monoisotopic (exact) mass is 237 g/mol. The highest BCUT2D eigenvalue weighted by molar-refractivity contribution is 5.36. The third-order valence-electron chi connectivity index (χ3n) is 2.58. The Labute approximate surface area is 104 Å². The molecule has 0 amide bonds. The lowest BCUT2D eigenvalue weighted by atomic mass is 10.0. The summed E-state index contributed by atoms with van der Waals surface area (Å²) < 4.78 is 11.3. The molecule has 2 N–H and O–H groups in total. The van der Waals surface area contributed by atoms with Gasteiger partial charge in [-0.3, -0.25) is 0 Å². The molecule has 2 atom stereocenters. The van der Waals surface area contributed by atoms with Gasteiger partial charge in [-0.1, -0.05) is 18.2 Å². The number of benzene rings is 1. The van der Waals surface area contributed by atoms with Crippen LogP contribution >= 0.6 is 0 Å². The molecule has 2 unspecified atom stereocenters. The Kier molecular flexibility index (Phi) is 5.45. The fourth-order valence-electron chi connectivity index (χ4n) is 1.74. The molecule has 0 spiro atoms. The van der Waals surface area contributed by atoms with E-state index >= 15 is 0 Å². The van der Waals surface area contributed by atoms with E-state index < -0.39 is 0 Å². The fourth-order valence-corrected chi connectivity index (χ4v) is 1.74. The Balaban J connectivity index is 2.88. The summed E-state index contributed by atoms with van der Waals surface area (Å²) in [5, 5.41) is 0. The maximum absolute atomic E-state index is 6.20. The number of para-hydroxylation sites is 1. The average Bonchev–Trinajstić information content (AvgIpc) is 2.28. The van der Waals surface area contributed by atoms with Gasteiger partial charge in [0.25, 0.3) is 0 Å². The van der Waals surface area contributed by atoms with Crippen LogP contribution in [-0.4, -0.2) is 18.8 Å². The van der Waals surface area contributed by atoms with Crippen LogP contribution < -0.4 is 10.5 Å². The molecule has 17 heavy (non-hydrogen) atoms. The topological polar surface area (TPSA) is 44.5 Å². The first-order valence-electron chi connectivity index (χ1n) is 6.19. The molecule has 0 saturated carbocycles. The molecule has 1 rings (SSSR count). The minimum Gasteiger partial charge on any atom is -0.491 e. The molecule has 0 aliphatic heterocycles. The average molecular weight is 237 g/mol. The predicted octanol–water partition coefficient (Wildman–Crippen LogP) is 2.90. The molecule has 0 saturated heterocycles. The van der Waals surface area contributed by atoms with Crippen LogP contribution in [0.25, 0.3) is 0 Å². The van der Waals surface area contributed by atoms with Crippen molar-refractivity contribution >= 4 is 0 Å². The Hall–Kier alpha value is -1.06. The molecule has 3 nitrogen and oxygen atoms in total. The maximum Gasteiger partial charge on any atom is 0.124 e. The largest absolute Gasteiger partial charge is 0.491 e. The molecule has 0 fully saturated rings. The van der Waals surface area contributed by atoms with Crippen LogP contribution in [0.2, 0.25) is 0 Å². The van der Waals surface area contributed by atoms with E-state index in [2.05, 4.69) is 0 Å². The van der Waals surface area contributed by atoms with E-state index in [1.165, 1.54) is 0 Å². The van der Waals surface area contributed by atoms with Gasteiger partial charge in [0.15, 0.2) is 0 Å². The van der Waals surface area contributed by atoms with Gasteiger partial charge in [0.1, 0.15) is 5.75 Å². The van der Waals surface area contributed by atoms with Crippen molar-refractivity contribution in [2.75, 3.05) is 6.61 Å². The molecule has 0 bridgehead atoms. The summed E-state index contributed by atoms with van der Waals surface area (Å²) in [6.45, 7) is 8.64. The van der Waals surface area contributed by atoms with E-state index in [-0.39, 0.29) is 18.2 Å². The van der Waals surface area contributed by atoms with Gasteiger partial charge in [-0.2, -0.15) is 0 Å². The summed E-state index contributed by atoms with van der Waals surface area (Å²) >= 11 is 0. The van der Waals surface area contributed by atoms with Crippen molar-refractivity contribution in [1.29, 1.82) is 0 Å². The Morgan fingerprint density at radius 3 is 2.41 bits per heavy atom. The van der Waals surface area contributed by atoms with Crippen molar-refractivity contribution in [3.8, 4) is 5.75 Å². The quantitative estimate of drug-likeness (QED) is 0.827. The third-order valence-corrected chi connectivity index (χ3v) is 2.58. The molecule has 0 heterocycles. The van der Waals surface area contributed by atoms with Gasteiger partial charge >= 0.3 is 0 Å². The van der Waals surface area contributed by atoms with Crippen molar-refractivity contribution < 1.29 is 9.47 Å². The first-order valence-corrected chi connectivity index (χ1v) is 6.19. The Morgan fingerprint density at radius 1 is 1.18 bits per heavy atom. The van der Waals surface area contributed by atoms with Crippen LogP contribution in [0, 0.1) is 0 Å². The second-order valence-electron chi connectivity index (χ2n) is 4.39. The standard InChI is InChI=1S/C14H23NO2/c1-5-16-11(4)14(15)12-8-6-7-9-13(12)17-10(2)3/h6-11,14H,5,15H2,1-4H3. The summed E-state index contributed by atoms with van der Waals surface area (Å²) in [4.78, 5) is 0.